The second-order valence-corrected chi connectivity index (χ2v) is 5.90. The van der Waals surface area contributed by atoms with Gasteiger partial charge >= 0.3 is 0 Å². The average Bonchev–Trinajstić information content (AvgIpc) is 2.87. The van der Waals surface area contributed by atoms with Gasteiger partial charge < -0.3 is 11.1 Å². The van der Waals surface area contributed by atoms with Crippen LogP contribution in [0.25, 0.3) is 10.2 Å². The summed E-state index contributed by atoms with van der Waals surface area (Å²) in [5, 5.41) is 3.51. The number of hydrogen-bond donors (Lipinski definition) is 2. The van der Waals surface area contributed by atoms with E-state index in [4.69, 9.17) is 5.73 Å². The molecule has 0 unspecified atom stereocenters. The third-order valence-corrected chi connectivity index (χ3v) is 4.16. The first-order valence-electron chi connectivity index (χ1n) is 6.65. The fourth-order valence-corrected chi connectivity index (χ4v) is 2.96. The minimum Gasteiger partial charge on any atom is -0.375 e. The Hall–Kier alpha value is -2.40. The second kappa shape index (κ2) is 5.54. The predicted octanol–water partition coefficient (Wildman–Crippen LogP) is 3.37. The van der Waals surface area contributed by atoms with Crippen LogP contribution in [0.1, 0.15) is 28.9 Å². The van der Waals surface area contributed by atoms with E-state index in [2.05, 4.69) is 10.3 Å². The zero-order valence-corrected chi connectivity index (χ0v) is 12.4. The van der Waals surface area contributed by atoms with Gasteiger partial charge in [-0.05, 0) is 30.7 Å². The van der Waals surface area contributed by atoms with Crippen LogP contribution in [0.3, 0.4) is 0 Å². The molecule has 1 heterocycles. The van der Waals surface area contributed by atoms with E-state index in [1.54, 1.807) is 6.07 Å². The lowest BCUT2D eigenvalue weighted by Gasteiger charge is -2.14. The van der Waals surface area contributed by atoms with Crippen molar-refractivity contribution in [1.29, 1.82) is 0 Å². The van der Waals surface area contributed by atoms with E-state index in [1.165, 1.54) is 11.3 Å². The summed E-state index contributed by atoms with van der Waals surface area (Å²) in [6, 6.07) is 15.3. The highest BCUT2D eigenvalue weighted by Crippen LogP contribution is 2.24. The third kappa shape index (κ3) is 2.87. The molecular weight excluding hydrogens is 282 g/mol. The molecule has 3 rings (SSSR count). The normalized spacial score (nSPS) is 12.2. The van der Waals surface area contributed by atoms with Crippen molar-refractivity contribution >= 4 is 32.6 Å². The predicted molar refractivity (Wildman–Crippen MR) is 86.4 cm³/mol. The average molecular weight is 297 g/mol. The Kier molecular flexibility index (Phi) is 3.58. The molecule has 1 amide bonds. The lowest BCUT2D eigenvalue weighted by atomic mass is 10.1. The van der Waals surface area contributed by atoms with Gasteiger partial charge in [0.25, 0.3) is 5.91 Å². The molecule has 1 aromatic heterocycles. The number of hydrogen-bond acceptors (Lipinski definition) is 4. The monoisotopic (exact) mass is 297 g/mol. The second-order valence-electron chi connectivity index (χ2n) is 4.84. The number of anilines is 1. The van der Waals surface area contributed by atoms with Gasteiger partial charge in [-0.15, -0.1) is 0 Å². The maximum atomic E-state index is 12.3. The van der Waals surface area contributed by atoms with Crippen LogP contribution in [0.5, 0.6) is 0 Å². The molecule has 4 nitrogen and oxygen atoms in total. The molecule has 0 fully saturated rings. The quantitative estimate of drug-likeness (QED) is 0.779. The fourth-order valence-electron chi connectivity index (χ4n) is 2.19. The number of rotatable bonds is 3. The number of nitrogens with zero attached hydrogens (tertiary/aromatic N) is 1. The first kappa shape index (κ1) is 13.6. The van der Waals surface area contributed by atoms with Gasteiger partial charge in [-0.25, -0.2) is 4.98 Å². The molecule has 0 aliphatic carbocycles. The summed E-state index contributed by atoms with van der Waals surface area (Å²) in [6.07, 6.45) is 0. The maximum absolute atomic E-state index is 12.3. The van der Waals surface area contributed by atoms with Crippen LogP contribution in [0.4, 0.5) is 5.13 Å². The van der Waals surface area contributed by atoms with Gasteiger partial charge in [-0.1, -0.05) is 41.7 Å². The molecule has 21 heavy (non-hydrogen) atoms. The molecule has 0 aliphatic rings. The van der Waals surface area contributed by atoms with Crippen LogP contribution >= 0.6 is 11.3 Å². The largest absolute Gasteiger partial charge is 0.375 e. The summed E-state index contributed by atoms with van der Waals surface area (Å²) in [6.45, 7) is 1.97. The molecule has 3 aromatic rings. The molecule has 0 aliphatic heterocycles. The molecule has 106 valence electrons. The molecule has 2 aromatic carbocycles. The Morgan fingerprint density at radius 3 is 2.76 bits per heavy atom. The van der Waals surface area contributed by atoms with Crippen molar-refractivity contribution in [2.24, 2.45) is 0 Å². The molecule has 0 saturated heterocycles. The Morgan fingerprint density at radius 1 is 1.24 bits per heavy atom. The van der Waals surface area contributed by atoms with Crippen molar-refractivity contribution in [3.8, 4) is 0 Å². The fraction of sp³-hybridized carbons (Fsp3) is 0.125. The maximum Gasteiger partial charge on any atom is 0.251 e. The highest BCUT2D eigenvalue weighted by atomic mass is 32.1. The van der Waals surface area contributed by atoms with Crippen LogP contribution in [0.2, 0.25) is 0 Å². The van der Waals surface area contributed by atoms with Crippen molar-refractivity contribution in [1.82, 2.24) is 10.3 Å². The van der Waals surface area contributed by atoms with Gasteiger partial charge in [0, 0.05) is 5.56 Å². The Labute approximate surface area is 126 Å². The zero-order chi connectivity index (χ0) is 14.8. The summed E-state index contributed by atoms with van der Waals surface area (Å²) in [4.78, 5) is 16.5. The number of thiazole rings is 1. The number of amides is 1. The molecular formula is C16H15N3OS. The Balaban J connectivity index is 1.80. The van der Waals surface area contributed by atoms with Crippen LogP contribution in [0, 0.1) is 0 Å². The molecule has 0 saturated carbocycles. The number of carbonyl (C=O) groups excluding carboxylic acids is 1. The van der Waals surface area contributed by atoms with Crippen LogP contribution in [-0.4, -0.2) is 10.9 Å². The van der Waals surface area contributed by atoms with E-state index in [0.717, 1.165) is 15.8 Å². The van der Waals surface area contributed by atoms with Gasteiger partial charge in [0.2, 0.25) is 0 Å². The Bertz CT molecular complexity index is 783. The minimum atomic E-state index is -0.0970. The summed E-state index contributed by atoms with van der Waals surface area (Å²) < 4.78 is 0.924. The van der Waals surface area contributed by atoms with E-state index >= 15 is 0 Å². The lowest BCUT2D eigenvalue weighted by molar-refractivity contribution is 0.0940. The van der Waals surface area contributed by atoms with Crippen molar-refractivity contribution in [3.63, 3.8) is 0 Å². The zero-order valence-electron chi connectivity index (χ0n) is 11.5. The highest BCUT2D eigenvalue weighted by molar-refractivity contribution is 7.22. The van der Waals surface area contributed by atoms with E-state index in [9.17, 15) is 4.79 Å². The van der Waals surface area contributed by atoms with E-state index in [-0.39, 0.29) is 11.9 Å². The van der Waals surface area contributed by atoms with Crippen molar-refractivity contribution < 1.29 is 4.79 Å². The highest BCUT2D eigenvalue weighted by Gasteiger charge is 2.12. The number of aromatic nitrogens is 1. The van der Waals surface area contributed by atoms with Crippen molar-refractivity contribution in [2.75, 3.05) is 5.73 Å². The number of nitrogens with two attached hydrogens (primary N) is 1. The van der Waals surface area contributed by atoms with E-state index < -0.39 is 0 Å². The number of nitrogen functional groups attached to an aromatic ring is 1. The summed E-state index contributed by atoms with van der Waals surface area (Å²) >= 11 is 1.39. The number of carbonyl (C=O) groups is 1. The first-order chi connectivity index (χ1) is 10.1. The van der Waals surface area contributed by atoms with E-state index in [1.807, 2.05) is 49.4 Å². The van der Waals surface area contributed by atoms with E-state index in [0.29, 0.717) is 10.7 Å². The van der Waals surface area contributed by atoms with Gasteiger partial charge in [0.1, 0.15) is 0 Å². The van der Waals surface area contributed by atoms with Crippen molar-refractivity contribution in [2.45, 2.75) is 13.0 Å². The van der Waals surface area contributed by atoms with Crippen LogP contribution < -0.4 is 11.1 Å². The Morgan fingerprint density at radius 2 is 2.00 bits per heavy atom. The summed E-state index contributed by atoms with van der Waals surface area (Å²) in [7, 11) is 0. The SMILES string of the molecule is C[C@@H](NC(=O)c1ccc2nc(N)sc2c1)c1ccccc1. The molecule has 0 spiro atoms. The molecule has 1 atom stereocenters. The molecule has 0 bridgehead atoms. The van der Waals surface area contributed by atoms with Crippen LogP contribution in [0.15, 0.2) is 48.5 Å². The van der Waals surface area contributed by atoms with Crippen molar-refractivity contribution in [3.05, 3.63) is 59.7 Å². The van der Waals surface area contributed by atoms with Gasteiger partial charge in [0.05, 0.1) is 16.3 Å². The summed E-state index contributed by atoms with van der Waals surface area (Å²) in [5.41, 5.74) is 8.20. The number of benzene rings is 2. The topological polar surface area (TPSA) is 68.0 Å². The molecule has 0 radical (unpaired) electrons. The molecule has 3 N–H and O–H groups in total. The number of fused-ring (bicyclic) bond motifs is 1. The van der Waals surface area contributed by atoms with Gasteiger partial charge in [-0.2, -0.15) is 0 Å². The lowest BCUT2D eigenvalue weighted by Crippen LogP contribution is -2.26. The minimum absolute atomic E-state index is 0.0408. The first-order valence-corrected chi connectivity index (χ1v) is 7.47. The van der Waals surface area contributed by atoms with Crippen LogP contribution in [-0.2, 0) is 0 Å². The summed E-state index contributed by atoms with van der Waals surface area (Å²) in [5.74, 6) is -0.0970. The standard InChI is InChI=1S/C16H15N3OS/c1-10(11-5-3-2-4-6-11)18-15(20)12-7-8-13-14(9-12)21-16(17)19-13/h2-10H,1H3,(H2,17,19)(H,18,20)/t10-/m1/s1. The third-order valence-electron chi connectivity index (χ3n) is 3.31. The smallest absolute Gasteiger partial charge is 0.251 e. The molecule has 5 heteroatoms. The van der Waals surface area contributed by atoms with Gasteiger partial charge in [-0.3, -0.25) is 4.79 Å². The number of nitrogens with one attached hydrogen (secondary N) is 1. The van der Waals surface area contributed by atoms with Gasteiger partial charge in [0.15, 0.2) is 5.13 Å².